The minimum atomic E-state index is -1.38. The number of esters is 1. The molecule has 2 nitrogen and oxygen atoms in total. The Morgan fingerprint density at radius 1 is 1.89 bits per heavy atom. The van der Waals surface area contributed by atoms with Crippen molar-refractivity contribution in [1.82, 2.24) is 0 Å². The van der Waals surface area contributed by atoms with Gasteiger partial charge in [0.1, 0.15) is 0 Å². The van der Waals surface area contributed by atoms with Gasteiger partial charge in [-0.15, -0.1) is 0 Å². The van der Waals surface area contributed by atoms with Gasteiger partial charge in [0.05, 0.1) is 0 Å². The molecular weight excluding hydrogens is 190 g/mol. The Bertz CT molecular complexity index is 97.0. The molecule has 9 heavy (non-hydrogen) atoms. The van der Waals surface area contributed by atoms with Gasteiger partial charge < -0.3 is 0 Å². The second kappa shape index (κ2) is 4.77. The normalized spacial score (nSPS) is 12.8. The van der Waals surface area contributed by atoms with Crippen LogP contribution in [0.5, 0.6) is 0 Å². The van der Waals surface area contributed by atoms with E-state index in [2.05, 4.69) is 4.74 Å². The molecular formula is C5H9FO2Se. The molecule has 0 fully saturated rings. The van der Waals surface area contributed by atoms with E-state index in [-0.39, 0.29) is 21.6 Å². The molecule has 0 spiro atoms. The van der Waals surface area contributed by atoms with Crippen molar-refractivity contribution in [3.05, 3.63) is 0 Å². The van der Waals surface area contributed by atoms with E-state index >= 15 is 0 Å². The Labute approximate surface area is 59.9 Å². The third-order valence-electron chi connectivity index (χ3n) is 0.679. The van der Waals surface area contributed by atoms with Crippen LogP contribution in [0.4, 0.5) is 4.39 Å². The Morgan fingerprint density at radius 2 is 2.44 bits per heavy atom. The molecule has 0 aromatic carbocycles. The average molecular weight is 199 g/mol. The van der Waals surface area contributed by atoms with Crippen LogP contribution >= 0.6 is 0 Å². The maximum atomic E-state index is 12.3. The van der Waals surface area contributed by atoms with E-state index in [0.717, 1.165) is 0 Å². The Balaban J connectivity index is 3.46. The van der Waals surface area contributed by atoms with Gasteiger partial charge in [0.25, 0.3) is 0 Å². The summed E-state index contributed by atoms with van der Waals surface area (Å²) in [6.07, 6.45) is 0. The van der Waals surface area contributed by atoms with E-state index in [1.165, 1.54) is 0 Å². The van der Waals surface area contributed by atoms with Crippen LogP contribution in [0.1, 0.15) is 6.92 Å². The van der Waals surface area contributed by atoms with Gasteiger partial charge in [-0.2, -0.15) is 0 Å². The maximum absolute atomic E-state index is 12.3. The topological polar surface area (TPSA) is 26.3 Å². The van der Waals surface area contributed by atoms with Gasteiger partial charge in [0.2, 0.25) is 0 Å². The first kappa shape index (κ1) is 8.92. The van der Waals surface area contributed by atoms with Gasteiger partial charge in [-0.25, -0.2) is 0 Å². The van der Waals surface area contributed by atoms with E-state index in [4.69, 9.17) is 0 Å². The summed E-state index contributed by atoms with van der Waals surface area (Å²) < 4.78 is 16.7. The van der Waals surface area contributed by atoms with E-state index in [1.807, 2.05) is 0 Å². The van der Waals surface area contributed by atoms with Crippen LogP contribution in [0.25, 0.3) is 0 Å². The summed E-state index contributed by atoms with van der Waals surface area (Å²) in [5.74, 6) is 0.939. The Kier molecular flexibility index (Phi) is 4.72. The predicted octanol–water partition coefficient (Wildman–Crippen LogP) is 0.597. The Hall–Kier alpha value is -0.0805. The van der Waals surface area contributed by atoms with Gasteiger partial charge in [-0.1, -0.05) is 0 Å². The molecule has 0 heterocycles. The Morgan fingerprint density at radius 3 is 2.78 bits per heavy atom. The zero-order valence-electron chi connectivity index (χ0n) is 5.39. The number of halogens is 1. The van der Waals surface area contributed by atoms with Crippen LogP contribution in [0, 0.1) is 0 Å². The van der Waals surface area contributed by atoms with Gasteiger partial charge >= 0.3 is 59.3 Å². The molecule has 1 atom stereocenters. The van der Waals surface area contributed by atoms with Crippen LogP contribution in [0.2, 0.25) is 5.82 Å². The number of carbonyl (C=O) groups excluding carboxylic acids is 1. The summed E-state index contributed by atoms with van der Waals surface area (Å²) in [7, 11) is 0. The average Bonchev–Trinajstić information content (AvgIpc) is 1.87. The van der Waals surface area contributed by atoms with Crippen LogP contribution in [0.3, 0.4) is 0 Å². The van der Waals surface area contributed by atoms with E-state index in [9.17, 15) is 9.18 Å². The zero-order valence-corrected chi connectivity index (χ0v) is 7.10. The van der Waals surface area contributed by atoms with Crippen molar-refractivity contribution in [3.8, 4) is 0 Å². The fourth-order valence-corrected chi connectivity index (χ4v) is 0.851. The minimum absolute atomic E-state index is 0.259. The standard InChI is InChI=1S/C5H9FO2Se/c1-3-8-5(7)4(6)9-2/h4H,3H2,1-2H3. The van der Waals surface area contributed by atoms with Crippen molar-refractivity contribution in [2.75, 3.05) is 6.61 Å². The first-order chi connectivity index (χ1) is 4.22. The van der Waals surface area contributed by atoms with Gasteiger partial charge in [0.15, 0.2) is 0 Å². The van der Waals surface area contributed by atoms with Gasteiger partial charge in [-0.05, 0) is 0 Å². The first-order valence-electron chi connectivity index (χ1n) is 2.55. The number of hydrogen-bond acceptors (Lipinski definition) is 2. The number of carbonyl (C=O) groups is 1. The van der Waals surface area contributed by atoms with Crippen molar-refractivity contribution in [1.29, 1.82) is 0 Å². The summed E-state index contributed by atoms with van der Waals surface area (Å²) in [6.45, 7) is 1.92. The molecule has 0 amide bonds. The molecule has 0 rings (SSSR count). The number of hydrogen-bond donors (Lipinski definition) is 0. The molecule has 0 aliphatic carbocycles. The zero-order chi connectivity index (χ0) is 7.28. The van der Waals surface area contributed by atoms with Crippen LogP contribution < -0.4 is 0 Å². The SMILES string of the molecule is CCOC(=O)C(F)[Se]C. The number of alkyl halides is 1. The van der Waals surface area contributed by atoms with Crippen LogP contribution in [0.15, 0.2) is 0 Å². The first-order valence-corrected chi connectivity index (χ1v) is 5.26. The number of rotatable bonds is 3. The number of ether oxygens (including phenoxy) is 1. The fraction of sp³-hybridized carbons (Fsp3) is 0.800. The molecule has 1 unspecified atom stereocenters. The fourth-order valence-electron chi connectivity index (χ4n) is 0.304. The van der Waals surface area contributed by atoms with E-state index in [0.29, 0.717) is 0 Å². The van der Waals surface area contributed by atoms with Crippen molar-refractivity contribution < 1.29 is 13.9 Å². The molecule has 0 radical (unpaired) electrons. The van der Waals surface area contributed by atoms with Crippen LogP contribution in [-0.4, -0.2) is 32.6 Å². The van der Waals surface area contributed by atoms with Gasteiger partial charge in [0, 0.05) is 0 Å². The van der Waals surface area contributed by atoms with Crippen molar-refractivity contribution in [3.63, 3.8) is 0 Å². The van der Waals surface area contributed by atoms with E-state index in [1.54, 1.807) is 12.7 Å². The molecule has 0 saturated carbocycles. The summed E-state index contributed by atoms with van der Waals surface area (Å²) in [5.41, 5.74) is 0. The molecule has 0 aliphatic heterocycles. The molecule has 0 bridgehead atoms. The van der Waals surface area contributed by atoms with Gasteiger partial charge in [-0.3, -0.25) is 0 Å². The summed E-state index contributed by atoms with van der Waals surface area (Å²) >= 11 is -0.285. The predicted molar refractivity (Wildman–Crippen MR) is 33.1 cm³/mol. The van der Waals surface area contributed by atoms with Crippen molar-refractivity contribution in [2.24, 2.45) is 0 Å². The molecule has 4 heteroatoms. The second-order valence-corrected chi connectivity index (χ2v) is 3.16. The molecule has 54 valence electrons. The van der Waals surface area contributed by atoms with Crippen molar-refractivity contribution >= 4 is 20.9 Å². The summed E-state index contributed by atoms with van der Waals surface area (Å²) in [5, 5.41) is -1.38. The molecule has 0 aliphatic rings. The second-order valence-electron chi connectivity index (χ2n) is 1.30. The summed E-state index contributed by atoms with van der Waals surface area (Å²) in [6, 6.07) is 0. The third kappa shape index (κ3) is 3.49. The van der Waals surface area contributed by atoms with E-state index < -0.39 is 11.0 Å². The monoisotopic (exact) mass is 200 g/mol. The summed E-state index contributed by atoms with van der Waals surface area (Å²) in [4.78, 5) is 10.4. The molecule has 0 N–H and O–H groups in total. The molecule has 0 aromatic rings. The van der Waals surface area contributed by atoms with Crippen LogP contribution in [-0.2, 0) is 9.53 Å². The molecule has 0 saturated heterocycles. The third-order valence-corrected chi connectivity index (χ3v) is 1.95. The van der Waals surface area contributed by atoms with Crippen molar-refractivity contribution in [2.45, 2.75) is 17.8 Å². The molecule has 0 aromatic heterocycles. The quantitative estimate of drug-likeness (QED) is 0.491.